The topological polar surface area (TPSA) is 77.3 Å². The van der Waals surface area contributed by atoms with Crippen LogP contribution in [0, 0.1) is 10.1 Å². The van der Waals surface area contributed by atoms with Gasteiger partial charge in [0.2, 0.25) is 0 Å². The van der Waals surface area contributed by atoms with E-state index in [-0.39, 0.29) is 0 Å². The van der Waals surface area contributed by atoms with Gasteiger partial charge in [-0.15, -0.1) is 0 Å². The first kappa shape index (κ1) is 12.4. The van der Waals surface area contributed by atoms with Crippen molar-refractivity contribution < 1.29 is 26.5 Å². The number of nitrogens with zero attached hydrogens (tertiary/aromatic N) is 1. The van der Waals surface area contributed by atoms with Crippen molar-refractivity contribution in [3.63, 3.8) is 0 Å². The van der Waals surface area contributed by atoms with Gasteiger partial charge < -0.3 is 0 Å². The highest BCUT2D eigenvalue weighted by atomic mass is 32.2. The molecule has 0 spiro atoms. The molecule has 0 fully saturated rings. The van der Waals surface area contributed by atoms with Gasteiger partial charge in [0.15, 0.2) is 0 Å². The van der Waals surface area contributed by atoms with Crippen LogP contribution in [0.25, 0.3) is 0 Å². The van der Waals surface area contributed by atoms with Crippen molar-refractivity contribution in [3.05, 3.63) is 34.4 Å². The minimum Gasteiger partial charge on any atom is -0.258 e. The molecule has 0 radical (unpaired) electrons. The summed E-state index contributed by atoms with van der Waals surface area (Å²) in [5, 5.41) is 10.3. The monoisotopic (exact) mass is 255 g/mol. The fourth-order valence-corrected chi connectivity index (χ4v) is 1.70. The van der Waals surface area contributed by atoms with Gasteiger partial charge in [-0.1, -0.05) is 6.07 Å². The maximum absolute atomic E-state index is 12.1. The number of alkyl halides is 3. The van der Waals surface area contributed by atoms with E-state index in [1.165, 1.54) is 0 Å². The first-order valence-corrected chi connectivity index (χ1v) is 5.20. The zero-order valence-electron chi connectivity index (χ0n) is 7.43. The lowest BCUT2D eigenvalue weighted by Gasteiger charge is -2.07. The zero-order chi connectivity index (χ0) is 12.6. The highest BCUT2D eigenvalue weighted by molar-refractivity contribution is 7.92. The van der Waals surface area contributed by atoms with Crippen LogP contribution in [-0.4, -0.2) is 18.8 Å². The molecule has 16 heavy (non-hydrogen) atoms. The number of nitro benzene ring substituents is 1. The molecule has 0 N–H and O–H groups in total. The van der Waals surface area contributed by atoms with Crippen LogP contribution in [0.5, 0.6) is 0 Å². The second-order valence-electron chi connectivity index (χ2n) is 2.70. The molecule has 0 aliphatic carbocycles. The molecule has 1 rings (SSSR count). The predicted octanol–water partition coefficient (Wildman–Crippen LogP) is 1.89. The molecular formula is C7H4F3NO4S. The van der Waals surface area contributed by atoms with Gasteiger partial charge in [-0.25, -0.2) is 8.42 Å². The molecule has 0 aromatic heterocycles. The molecule has 0 saturated carbocycles. The van der Waals surface area contributed by atoms with Crippen LogP contribution in [0.2, 0.25) is 0 Å². The van der Waals surface area contributed by atoms with Crippen LogP contribution in [0.1, 0.15) is 0 Å². The van der Waals surface area contributed by atoms with Gasteiger partial charge in [-0.05, 0) is 6.07 Å². The molecule has 5 nitrogen and oxygen atoms in total. The smallest absolute Gasteiger partial charge is 0.258 e. The second-order valence-corrected chi connectivity index (χ2v) is 4.64. The Labute approximate surface area is 87.6 Å². The van der Waals surface area contributed by atoms with Crippen molar-refractivity contribution in [2.75, 3.05) is 0 Å². The van der Waals surface area contributed by atoms with Gasteiger partial charge in [0, 0.05) is 12.1 Å². The fourth-order valence-electron chi connectivity index (χ4n) is 0.898. The minimum absolute atomic E-state index is 0.364. The maximum atomic E-state index is 12.1. The minimum atomic E-state index is -5.54. The molecule has 0 amide bonds. The summed E-state index contributed by atoms with van der Waals surface area (Å²) >= 11 is 0. The van der Waals surface area contributed by atoms with Crippen molar-refractivity contribution in [2.45, 2.75) is 10.4 Å². The standard InChI is InChI=1S/C7H4F3NO4S/c8-7(9,10)16(14,15)6-3-1-2-5(4-6)11(12)13/h1-4H. The highest BCUT2D eigenvalue weighted by Gasteiger charge is 2.47. The molecule has 1 aromatic carbocycles. The predicted molar refractivity (Wildman–Crippen MR) is 46.3 cm³/mol. The van der Waals surface area contributed by atoms with E-state index in [1.807, 2.05) is 0 Å². The third-order valence-corrected chi connectivity index (χ3v) is 3.13. The van der Waals surface area contributed by atoms with Gasteiger partial charge in [0.05, 0.1) is 9.82 Å². The lowest BCUT2D eigenvalue weighted by Crippen LogP contribution is -2.23. The summed E-state index contributed by atoms with van der Waals surface area (Å²) in [7, 11) is -5.54. The summed E-state index contributed by atoms with van der Waals surface area (Å²) < 4.78 is 58.0. The summed E-state index contributed by atoms with van der Waals surface area (Å²) in [5.74, 6) is 0. The fraction of sp³-hybridized carbons (Fsp3) is 0.143. The first-order valence-electron chi connectivity index (χ1n) is 3.72. The first-order chi connectivity index (χ1) is 7.16. The number of nitro groups is 1. The summed E-state index contributed by atoms with van der Waals surface area (Å²) in [4.78, 5) is 8.14. The molecule has 0 aliphatic rings. The van der Waals surface area contributed by atoms with E-state index in [2.05, 4.69) is 0 Å². The summed E-state index contributed by atoms with van der Waals surface area (Å²) in [5.41, 5.74) is -6.19. The Bertz CT molecular complexity index is 523. The average molecular weight is 255 g/mol. The highest BCUT2D eigenvalue weighted by Crippen LogP contribution is 2.31. The Balaban J connectivity index is 3.36. The number of non-ortho nitro benzene ring substituents is 1. The molecule has 0 aliphatic heterocycles. The van der Waals surface area contributed by atoms with E-state index in [1.54, 1.807) is 0 Å². The van der Waals surface area contributed by atoms with Crippen molar-refractivity contribution in [2.24, 2.45) is 0 Å². The lowest BCUT2D eigenvalue weighted by molar-refractivity contribution is -0.385. The Morgan fingerprint density at radius 1 is 1.25 bits per heavy atom. The number of sulfone groups is 1. The van der Waals surface area contributed by atoms with Gasteiger partial charge in [-0.3, -0.25) is 10.1 Å². The third kappa shape index (κ3) is 2.13. The van der Waals surface area contributed by atoms with Crippen molar-refractivity contribution in [1.82, 2.24) is 0 Å². The second kappa shape index (κ2) is 3.74. The van der Waals surface area contributed by atoms with Gasteiger partial charge >= 0.3 is 5.51 Å². The van der Waals surface area contributed by atoms with E-state index in [4.69, 9.17) is 0 Å². The number of hydrogen-bond acceptors (Lipinski definition) is 4. The largest absolute Gasteiger partial charge is 0.501 e. The summed E-state index contributed by atoms with van der Waals surface area (Å²) in [6, 6.07) is 2.78. The summed E-state index contributed by atoms with van der Waals surface area (Å²) in [6.07, 6.45) is 0. The Morgan fingerprint density at radius 2 is 1.81 bits per heavy atom. The quantitative estimate of drug-likeness (QED) is 0.597. The van der Waals surface area contributed by atoms with Crippen LogP contribution in [0.15, 0.2) is 29.2 Å². The van der Waals surface area contributed by atoms with Crippen molar-refractivity contribution in [1.29, 1.82) is 0 Å². The van der Waals surface area contributed by atoms with E-state index in [0.717, 1.165) is 12.1 Å². The van der Waals surface area contributed by atoms with E-state index < -0.39 is 30.9 Å². The Kier molecular flexibility index (Phi) is 2.91. The van der Waals surface area contributed by atoms with Crippen LogP contribution in [0.4, 0.5) is 18.9 Å². The van der Waals surface area contributed by atoms with Gasteiger partial charge in [-0.2, -0.15) is 13.2 Å². The van der Waals surface area contributed by atoms with Gasteiger partial charge in [0.25, 0.3) is 15.5 Å². The van der Waals surface area contributed by atoms with Crippen molar-refractivity contribution >= 4 is 15.5 Å². The Hall–Kier alpha value is -1.64. The zero-order valence-corrected chi connectivity index (χ0v) is 8.25. The molecule has 1 aromatic rings. The normalized spacial score (nSPS) is 12.4. The number of rotatable bonds is 2. The molecule has 0 unspecified atom stereocenters. The number of halogens is 3. The molecule has 0 atom stereocenters. The molecule has 9 heteroatoms. The lowest BCUT2D eigenvalue weighted by atomic mass is 10.3. The number of benzene rings is 1. The Morgan fingerprint density at radius 3 is 2.25 bits per heavy atom. The van der Waals surface area contributed by atoms with E-state index in [9.17, 15) is 31.7 Å². The van der Waals surface area contributed by atoms with Gasteiger partial charge in [0.1, 0.15) is 0 Å². The third-order valence-electron chi connectivity index (χ3n) is 1.64. The molecule has 0 saturated heterocycles. The molecule has 0 heterocycles. The molecular weight excluding hydrogens is 251 g/mol. The van der Waals surface area contributed by atoms with Crippen LogP contribution in [-0.2, 0) is 9.84 Å². The SMILES string of the molecule is O=[N+]([O-])c1cccc(S(=O)(=O)C(F)(F)F)c1. The summed E-state index contributed by atoms with van der Waals surface area (Å²) in [6.45, 7) is 0. The number of hydrogen-bond donors (Lipinski definition) is 0. The van der Waals surface area contributed by atoms with Crippen LogP contribution in [0.3, 0.4) is 0 Å². The maximum Gasteiger partial charge on any atom is 0.501 e. The van der Waals surface area contributed by atoms with Crippen LogP contribution < -0.4 is 0 Å². The molecule has 0 bridgehead atoms. The van der Waals surface area contributed by atoms with E-state index in [0.29, 0.717) is 12.1 Å². The average Bonchev–Trinajstić information content (AvgIpc) is 2.16. The molecule has 88 valence electrons. The van der Waals surface area contributed by atoms with Crippen molar-refractivity contribution in [3.8, 4) is 0 Å². The van der Waals surface area contributed by atoms with E-state index >= 15 is 0 Å². The van der Waals surface area contributed by atoms with Crippen LogP contribution >= 0.6 is 0 Å².